The molecule has 1 aromatic carbocycles. The molecule has 2 aromatic rings. The zero-order chi connectivity index (χ0) is 13.8. The van der Waals surface area contributed by atoms with Crippen molar-refractivity contribution >= 4 is 11.6 Å². The van der Waals surface area contributed by atoms with E-state index in [2.05, 4.69) is 15.6 Å². The second-order valence-corrected chi connectivity index (χ2v) is 5.02. The van der Waals surface area contributed by atoms with E-state index in [0.29, 0.717) is 0 Å². The molecule has 1 aliphatic rings. The molecule has 0 spiro atoms. The molecule has 3 rings (SSSR count). The number of aryl methyl sites for hydroxylation is 1. The van der Waals surface area contributed by atoms with E-state index in [1.807, 2.05) is 41.7 Å². The third kappa shape index (κ3) is 3.31. The summed E-state index contributed by atoms with van der Waals surface area (Å²) in [5.74, 6) is 1.86. The second kappa shape index (κ2) is 5.98. The van der Waals surface area contributed by atoms with Crippen LogP contribution in [0.3, 0.4) is 0 Å². The molecule has 0 aliphatic carbocycles. The number of hydrogen-bond donors (Lipinski definition) is 2. The molecule has 2 N–H and O–H groups in total. The second-order valence-electron chi connectivity index (χ2n) is 4.58. The summed E-state index contributed by atoms with van der Waals surface area (Å²) in [6, 6.07) is 7.77. The first-order chi connectivity index (χ1) is 9.79. The Labute approximate surface area is 122 Å². The Balaban J connectivity index is 1.53. The number of hydrazine groups is 1. The number of H-pyrrole nitrogens is 1. The van der Waals surface area contributed by atoms with Crippen LogP contribution in [0.25, 0.3) is 0 Å². The summed E-state index contributed by atoms with van der Waals surface area (Å²) in [7, 11) is 0. The maximum absolute atomic E-state index is 5.87. The van der Waals surface area contributed by atoms with Gasteiger partial charge in [0.15, 0.2) is 0 Å². The zero-order valence-electron chi connectivity index (χ0n) is 10.8. The molecule has 0 radical (unpaired) electrons. The van der Waals surface area contributed by atoms with Gasteiger partial charge in [0.1, 0.15) is 11.6 Å². The summed E-state index contributed by atoms with van der Waals surface area (Å²) in [4.78, 5) is 12.7. The molecule has 1 aromatic heterocycles. The van der Waals surface area contributed by atoms with Crippen molar-refractivity contribution in [1.82, 2.24) is 20.6 Å². The predicted octanol–water partition coefficient (Wildman–Crippen LogP) is 2.79. The first kappa shape index (κ1) is 13.0. The molecular formula is C14H15ClN4O. The number of aromatic nitrogens is 2. The fraction of sp³-hybridized carbons (Fsp3) is 0.214. The number of nitrogens with zero attached hydrogens (tertiary/aromatic N) is 2. The van der Waals surface area contributed by atoms with Crippen LogP contribution in [0.2, 0.25) is 5.02 Å². The van der Waals surface area contributed by atoms with Gasteiger partial charge in [-0.3, -0.25) is 5.01 Å². The van der Waals surface area contributed by atoms with Crippen LogP contribution in [-0.2, 0) is 17.8 Å². The molecule has 20 heavy (non-hydrogen) atoms. The molecule has 0 saturated heterocycles. The molecule has 0 fully saturated rings. The topological polar surface area (TPSA) is 53.2 Å². The molecule has 6 heteroatoms. The van der Waals surface area contributed by atoms with E-state index >= 15 is 0 Å². The molecule has 104 valence electrons. The van der Waals surface area contributed by atoms with Crippen LogP contribution in [0.5, 0.6) is 0 Å². The lowest BCUT2D eigenvalue weighted by Gasteiger charge is -2.13. The zero-order valence-corrected chi connectivity index (χ0v) is 11.6. The van der Waals surface area contributed by atoms with Crippen molar-refractivity contribution in [2.24, 2.45) is 0 Å². The van der Waals surface area contributed by atoms with Gasteiger partial charge in [-0.2, -0.15) is 0 Å². The van der Waals surface area contributed by atoms with Gasteiger partial charge >= 0.3 is 0 Å². The number of halogens is 1. The lowest BCUT2D eigenvalue weighted by molar-refractivity contribution is 0.0146. The average molecular weight is 291 g/mol. The fourth-order valence-corrected chi connectivity index (χ4v) is 2.13. The third-order valence-electron chi connectivity index (χ3n) is 3.02. The first-order valence-corrected chi connectivity index (χ1v) is 6.80. The van der Waals surface area contributed by atoms with Crippen LogP contribution in [0.15, 0.2) is 48.6 Å². The van der Waals surface area contributed by atoms with Crippen molar-refractivity contribution < 1.29 is 4.84 Å². The van der Waals surface area contributed by atoms with Gasteiger partial charge in [0.05, 0.1) is 12.7 Å². The third-order valence-corrected chi connectivity index (χ3v) is 3.28. The van der Waals surface area contributed by atoms with E-state index in [-0.39, 0.29) is 0 Å². The van der Waals surface area contributed by atoms with Crippen LogP contribution in [-0.4, -0.2) is 15.0 Å². The Bertz CT molecular complexity index is 580. The number of benzene rings is 1. The SMILES string of the molecule is Clc1ccc(CN2C=C(CCc3ncc[nH]3)ON2)cc1. The van der Waals surface area contributed by atoms with Gasteiger partial charge in [0.2, 0.25) is 0 Å². The number of rotatable bonds is 5. The summed E-state index contributed by atoms with van der Waals surface area (Å²) in [6.45, 7) is 0.724. The fourth-order valence-electron chi connectivity index (χ4n) is 2.00. The number of hydrogen-bond acceptors (Lipinski definition) is 4. The van der Waals surface area contributed by atoms with Crippen LogP contribution >= 0.6 is 11.6 Å². The standard InChI is InChI=1S/C14H15ClN4O/c15-12-3-1-11(2-4-12)9-19-10-13(20-18-19)5-6-14-16-7-8-17-14/h1-4,7-8,10,18H,5-6,9H2,(H,16,17). The maximum Gasteiger partial charge on any atom is 0.144 e. The lowest BCUT2D eigenvalue weighted by Crippen LogP contribution is -2.26. The Hall–Kier alpha value is -1.98. The van der Waals surface area contributed by atoms with E-state index in [1.54, 1.807) is 6.20 Å². The van der Waals surface area contributed by atoms with Crippen LogP contribution in [0.1, 0.15) is 17.8 Å². The molecule has 5 nitrogen and oxygen atoms in total. The summed E-state index contributed by atoms with van der Waals surface area (Å²) in [5.41, 5.74) is 4.04. The van der Waals surface area contributed by atoms with Gasteiger partial charge in [0, 0.05) is 30.3 Å². The Kier molecular flexibility index (Phi) is 3.90. The Morgan fingerprint density at radius 3 is 2.80 bits per heavy atom. The van der Waals surface area contributed by atoms with E-state index < -0.39 is 0 Å². The van der Waals surface area contributed by atoms with Gasteiger partial charge < -0.3 is 9.82 Å². The molecule has 2 heterocycles. The summed E-state index contributed by atoms with van der Waals surface area (Å²) < 4.78 is 0. The van der Waals surface area contributed by atoms with Crippen LogP contribution in [0, 0.1) is 0 Å². The van der Waals surface area contributed by atoms with Gasteiger partial charge in [0.25, 0.3) is 0 Å². The quantitative estimate of drug-likeness (QED) is 0.889. The molecular weight excluding hydrogens is 276 g/mol. The molecule has 0 bridgehead atoms. The Morgan fingerprint density at radius 2 is 2.05 bits per heavy atom. The monoisotopic (exact) mass is 290 g/mol. The highest BCUT2D eigenvalue weighted by molar-refractivity contribution is 6.30. The molecule has 0 unspecified atom stereocenters. The highest BCUT2D eigenvalue weighted by Gasteiger charge is 2.14. The smallest absolute Gasteiger partial charge is 0.144 e. The van der Waals surface area contributed by atoms with E-state index in [1.165, 1.54) is 0 Å². The lowest BCUT2D eigenvalue weighted by atomic mass is 10.2. The minimum absolute atomic E-state index is 0.724. The average Bonchev–Trinajstić information content (AvgIpc) is 3.10. The molecule has 0 saturated carbocycles. The number of allylic oxidation sites excluding steroid dienone is 1. The Morgan fingerprint density at radius 1 is 1.20 bits per heavy atom. The van der Waals surface area contributed by atoms with Crippen molar-refractivity contribution in [3.8, 4) is 0 Å². The van der Waals surface area contributed by atoms with Gasteiger partial charge in [-0.1, -0.05) is 29.3 Å². The highest BCUT2D eigenvalue weighted by Crippen LogP contribution is 2.16. The van der Waals surface area contributed by atoms with E-state index in [0.717, 1.165) is 41.6 Å². The summed E-state index contributed by atoms with van der Waals surface area (Å²) in [6.07, 6.45) is 7.18. The molecule has 1 aliphatic heterocycles. The van der Waals surface area contributed by atoms with Crippen molar-refractivity contribution in [1.29, 1.82) is 0 Å². The summed E-state index contributed by atoms with van der Waals surface area (Å²) >= 11 is 5.87. The van der Waals surface area contributed by atoms with Crippen molar-refractivity contribution in [3.63, 3.8) is 0 Å². The normalized spacial score (nSPS) is 14.2. The van der Waals surface area contributed by atoms with Crippen molar-refractivity contribution in [2.75, 3.05) is 0 Å². The first-order valence-electron chi connectivity index (χ1n) is 6.42. The molecule has 0 amide bonds. The largest absolute Gasteiger partial charge is 0.392 e. The van der Waals surface area contributed by atoms with Crippen LogP contribution in [0.4, 0.5) is 0 Å². The summed E-state index contributed by atoms with van der Waals surface area (Å²) in [5, 5.41) is 2.65. The van der Waals surface area contributed by atoms with Gasteiger partial charge in [-0.05, 0) is 17.7 Å². The molecule has 0 atom stereocenters. The van der Waals surface area contributed by atoms with Crippen molar-refractivity contribution in [3.05, 3.63) is 65.0 Å². The van der Waals surface area contributed by atoms with Crippen LogP contribution < -0.4 is 5.59 Å². The minimum Gasteiger partial charge on any atom is -0.392 e. The highest BCUT2D eigenvalue weighted by atomic mass is 35.5. The van der Waals surface area contributed by atoms with Gasteiger partial charge in [-0.25, -0.2) is 4.98 Å². The predicted molar refractivity (Wildman–Crippen MR) is 76.2 cm³/mol. The van der Waals surface area contributed by atoms with E-state index in [4.69, 9.17) is 16.4 Å². The van der Waals surface area contributed by atoms with E-state index in [9.17, 15) is 0 Å². The number of imidazole rings is 1. The number of nitrogens with one attached hydrogen (secondary N) is 2. The number of aromatic amines is 1. The minimum atomic E-state index is 0.724. The maximum atomic E-state index is 5.87. The van der Waals surface area contributed by atoms with Crippen molar-refractivity contribution in [2.45, 2.75) is 19.4 Å². The van der Waals surface area contributed by atoms with Gasteiger partial charge in [-0.15, -0.1) is 0 Å².